The summed E-state index contributed by atoms with van der Waals surface area (Å²) in [5.41, 5.74) is 0.929. The molecule has 0 saturated carbocycles. The predicted octanol–water partition coefficient (Wildman–Crippen LogP) is 3.38. The fourth-order valence-corrected chi connectivity index (χ4v) is 5.11. The number of hydrogen-bond donors (Lipinski definition) is 1. The molecule has 2 aliphatic heterocycles. The maximum Gasteiger partial charge on any atom is 0.257 e. The SMILES string of the molecule is CC[C@@]1(C(=O)NCc2ccccn2)C[C@@H]2CC[C@H]1N2C(=O)c1cc(C)oc1C. The van der Waals surface area contributed by atoms with Gasteiger partial charge in [-0.3, -0.25) is 14.6 Å². The summed E-state index contributed by atoms with van der Waals surface area (Å²) >= 11 is 0. The molecular formula is C22H27N3O3. The van der Waals surface area contributed by atoms with Gasteiger partial charge < -0.3 is 14.6 Å². The molecule has 2 aromatic rings. The quantitative estimate of drug-likeness (QED) is 0.861. The van der Waals surface area contributed by atoms with E-state index >= 15 is 0 Å². The molecule has 28 heavy (non-hydrogen) atoms. The van der Waals surface area contributed by atoms with Crippen molar-refractivity contribution in [2.75, 3.05) is 0 Å². The van der Waals surface area contributed by atoms with E-state index < -0.39 is 5.41 Å². The first-order valence-electron chi connectivity index (χ1n) is 10.0. The van der Waals surface area contributed by atoms with E-state index in [9.17, 15) is 9.59 Å². The number of aryl methyl sites for hydroxylation is 2. The van der Waals surface area contributed by atoms with Crippen molar-refractivity contribution in [3.8, 4) is 0 Å². The van der Waals surface area contributed by atoms with Crippen LogP contribution in [0.15, 0.2) is 34.9 Å². The Hall–Kier alpha value is -2.63. The second kappa shape index (κ2) is 7.08. The van der Waals surface area contributed by atoms with Gasteiger partial charge in [-0.05, 0) is 57.7 Å². The van der Waals surface area contributed by atoms with Crippen molar-refractivity contribution < 1.29 is 14.0 Å². The molecule has 6 nitrogen and oxygen atoms in total. The smallest absolute Gasteiger partial charge is 0.257 e. The molecule has 0 spiro atoms. The molecule has 6 heteroatoms. The minimum Gasteiger partial charge on any atom is -0.466 e. The van der Waals surface area contributed by atoms with Crippen LogP contribution in [0.5, 0.6) is 0 Å². The van der Waals surface area contributed by atoms with Crippen molar-refractivity contribution in [3.63, 3.8) is 0 Å². The van der Waals surface area contributed by atoms with Gasteiger partial charge in [0.1, 0.15) is 11.5 Å². The summed E-state index contributed by atoms with van der Waals surface area (Å²) in [5, 5.41) is 3.07. The molecule has 148 valence electrons. The molecule has 2 bridgehead atoms. The molecule has 2 saturated heterocycles. The molecule has 4 heterocycles. The van der Waals surface area contributed by atoms with E-state index in [1.165, 1.54) is 0 Å². The van der Waals surface area contributed by atoms with Crippen LogP contribution in [-0.4, -0.2) is 33.8 Å². The lowest BCUT2D eigenvalue weighted by Crippen LogP contribution is -2.49. The number of fused-ring (bicyclic) bond motifs is 2. The van der Waals surface area contributed by atoms with Gasteiger partial charge in [-0.1, -0.05) is 13.0 Å². The molecule has 2 fully saturated rings. The first-order chi connectivity index (χ1) is 13.5. The molecule has 0 aliphatic carbocycles. The second-order valence-corrected chi connectivity index (χ2v) is 8.00. The lowest BCUT2D eigenvalue weighted by atomic mass is 9.71. The highest BCUT2D eigenvalue weighted by Gasteiger charge is 2.60. The molecule has 2 aromatic heterocycles. The molecule has 0 unspecified atom stereocenters. The highest BCUT2D eigenvalue weighted by atomic mass is 16.3. The van der Waals surface area contributed by atoms with Crippen LogP contribution in [0.2, 0.25) is 0 Å². The normalized spacial score (nSPS) is 25.9. The number of amides is 2. The number of rotatable bonds is 5. The van der Waals surface area contributed by atoms with Crippen LogP contribution in [0.4, 0.5) is 0 Å². The van der Waals surface area contributed by atoms with Gasteiger partial charge in [0.25, 0.3) is 5.91 Å². The van der Waals surface area contributed by atoms with E-state index in [0.717, 1.165) is 37.1 Å². The third kappa shape index (κ3) is 2.91. The first kappa shape index (κ1) is 18.7. The van der Waals surface area contributed by atoms with Gasteiger partial charge in [0.2, 0.25) is 5.91 Å². The monoisotopic (exact) mass is 381 g/mol. The van der Waals surface area contributed by atoms with Crippen LogP contribution in [0.25, 0.3) is 0 Å². The van der Waals surface area contributed by atoms with Crippen molar-refractivity contribution in [2.24, 2.45) is 5.41 Å². The molecule has 1 N–H and O–H groups in total. The molecule has 4 rings (SSSR count). The number of aromatic nitrogens is 1. The third-order valence-electron chi connectivity index (χ3n) is 6.49. The summed E-state index contributed by atoms with van der Waals surface area (Å²) in [6.07, 6.45) is 5.00. The summed E-state index contributed by atoms with van der Waals surface area (Å²) in [7, 11) is 0. The molecule has 0 aromatic carbocycles. The fourth-order valence-electron chi connectivity index (χ4n) is 5.11. The van der Waals surface area contributed by atoms with Crippen LogP contribution < -0.4 is 5.32 Å². The van der Waals surface area contributed by atoms with Crippen molar-refractivity contribution >= 4 is 11.8 Å². The van der Waals surface area contributed by atoms with Crippen LogP contribution in [-0.2, 0) is 11.3 Å². The second-order valence-electron chi connectivity index (χ2n) is 8.00. The molecule has 2 amide bonds. The minimum absolute atomic E-state index is 0.00491. The molecule has 3 atom stereocenters. The van der Waals surface area contributed by atoms with Crippen LogP contribution in [0, 0.1) is 19.3 Å². The van der Waals surface area contributed by atoms with Gasteiger partial charge in [-0.25, -0.2) is 0 Å². The van der Waals surface area contributed by atoms with Gasteiger partial charge in [-0.15, -0.1) is 0 Å². The van der Waals surface area contributed by atoms with E-state index in [1.807, 2.05) is 43.0 Å². The summed E-state index contributed by atoms with van der Waals surface area (Å²) in [5.74, 6) is 1.42. The van der Waals surface area contributed by atoms with E-state index in [2.05, 4.69) is 17.2 Å². The van der Waals surface area contributed by atoms with Crippen LogP contribution >= 0.6 is 0 Å². The lowest BCUT2D eigenvalue weighted by Gasteiger charge is -2.35. The Bertz CT molecular complexity index is 892. The zero-order valence-electron chi connectivity index (χ0n) is 16.7. The van der Waals surface area contributed by atoms with Crippen LogP contribution in [0.1, 0.15) is 60.2 Å². The number of pyridine rings is 1. The number of nitrogens with one attached hydrogen (secondary N) is 1. The van der Waals surface area contributed by atoms with Crippen molar-refractivity contribution in [3.05, 3.63) is 53.2 Å². The summed E-state index contributed by atoms with van der Waals surface area (Å²) < 4.78 is 5.57. The average molecular weight is 381 g/mol. The summed E-state index contributed by atoms with van der Waals surface area (Å²) in [6, 6.07) is 7.54. The number of carbonyl (C=O) groups excluding carboxylic acids is 2. The van der Waals surface area contributed by atoms with E-state index in [1.54, 1.807) is 6.20 Å². The zero-order chi connectivity index (χ0) is 19.9. The standard InChI is InChI=1S/C22H27N3O3/c1-4-22(21(27)24-13-16-7-5-6-10-23-16)12-17-8-9-19(22)25(17)20(26)18-11-14(2)28-15(18)3/h5-7,10-11,17,19H,4,8-9,12-13H2,1-3H3,(H,24,27)/t17-,19+,22+/m0/s1. The van der Waals surface area contributed by atoms with E-state index in [-0.39, 0.29) is 23.9 Å². The number of carbonyl (C=O) groups is 2. The van der Waals surface area contributed by atoms with Crippen molar-refractivity contribution in [2.45, 2.75) is 65.1 Å². The minimum atomic E-state index is -0.528. The van der Waals surface area contributed by atoms with Crippen molar-refractivity contribution in [1.29, 1.82) is 0 Å². The number of hydrogen-bond acceptors (Lipinski definition) is 4. The van der Waals surface area contributed by atoms with E-state index in [4.69, 9.17) is 4.42 Å². The Morgan fingerprint density at radius 3 is 2.79 bits per heavy atom. The third-order valence-corrected chi connectivity index (χ3v) is 6.49. The maximum absolute atomic E-state index is 13.3. The van der Waals surface area contributed by atoms with Gasteiger partial charge >= 0.3 is 0 Å². The Morgan fingerprint density at radius 1 is 1.32 bits per heavy atom. The molecule has 0 radical (unpaired) electrons. The largest absolute Gasteiger partial charge is 0.466 e. The van der Waals surface area contributed by atoms with Gasteiger partial charge in [0.05, 0.1) is 23.2 Å². The van der Waals surface area contributed by atoms with Gasteiger partial charge in [0, 0.05) is 18.3 Å². The molecular weight excluding hydrogens is 354 g/mol. The van der Waals surface area contributed by atoms with Gasteiger partial charge in [-0.2, -0.15) is 0 Å². The Kier molecular flexibility index (Phi) is 4.73. The Morgan fingerprint density at radius 2 is 2.14 bits per heavy atom. The molecule has 2 aliphatic rings. The lowest BCUT2D eigenvalue weighted by molar-refractivity contribution is -0.133. The van der Waals surface area contributed by atoms with Crippen molar-refractivity contribution in [1.82, 2.24) is 15.2 Å². The number of furan rings is 1. The Labute approximate surface area is 165 Å². The average Bonchev–Trinajstić information content (AvgIpc) is 3.37. The first-order valence-corrected chi connectivity index (χ1v) is 10.0. The maximum atomic E-state index is 13.3. The van der Waals surface area contributed by atoms with Crippen LogP contribution in [0.3, 0.4) is 0 Å². The predicted molar refractivity (Wildman–Crippen MR) is 105 cm³/mol. The highest BCUT2D eigenvalue weighted by molar-refractivity contribution is 5.97. The fraction of sp³-hybridized carbons (Fsp3) is 0.500. The summed E-state index contributed by atoms with van der Waals surface area (Å²) in [4.78, 5) is 32.8. The summed E-state index contributed by atoms with van der Waals surface area (Å²) in [6.45, 7) is 6.14. The zero-order valence-corrected chi connectivity index (χ0v) is 16.7. The Balaban J connectivity index is 1.55. The number of nitrogens with zero attached hydrogens (tertiary/aromatic N) is 2. The van der Waals surface area contributed by atoms with E-state index in [0.29, 0.717) is 17.9 Å². The van der Waals surface area contributed by atoms with Gasteiger partial charge in [0.15, 0.2) is 0 Å². The topological polar surface area (TPSA) is 75.4 Å². The highest BCUT2D eigenvalue weighted by Crippen LogP contribution is 2.52.